The number of hydrogen-bond acceptors (Lipinski definition) is 7. The van der Waals surface area contributed by atoms with Gasteiger partial charge in [-0.3, -0.25) is 4.79 Å². The summed E-state index contributed by atoms with van der Waals surface area (Å²) in [6, 6.07) is 5.30. The van der Waals surface area contributed by atoms with E-state index in [1.807, 2.05) is 0 Å². The van der Waals surface area contributed by atoms with Crippen molar-refractivity contribution in [3.63, 3.8) is 0 Å². The molecule has 24 heavy (non-hydrogen) atoms. The predicted octanol–water partition coefficient (Wildman–Crippen LogP) is 1.68. The summed E-state index contributed by atoms with van der Waals surface area (Å²) >= 11 is 0. The molecule has 3 N–H and O–H groups in total. The van der Waals surface area contributed by atoms with Crippen molar-refractivity contribution in [2.75, 3.05) is 0 Å². The van der Waals surface area contributed by atoms with Crippen LogP contribution in [0.25, 0.3) is 11.0 Å². The Morgan fingerprint density at radius 3 is 2.58 bits per heavy atom. The lowest BCUT2D eigenvalue weighted by Crippen LogP contribution is -2.46. The highest BCUT2D eigenvalue weighted by molar-refractivity contribution is 5.94. The van der Waals surface area contributed by atoms with Crippen molar-refractivity contribution in [1.29, 1.82) is 0 Å². The molecule has 1 heterocycles. The Balaban J connectivity index is 2.27. The number of phenolic OH excluding ortho intramolecular Hbond substituents is 1. The van der Waals surface area contributed by atoms with Crippen LogP contribution >= 0.6 is 0 Å². The number of carbonyl (C=O) groups is 2. The smallest absolute Gasteiger partial charge is 0.431 e. The number of nitrogens with zero attached hydrogens (tertiary/aromatic N) is 1. The fourth-order valence-electron chi connectivity index (χ4n) is 2.03. The minimum Gasteiger partial charge on any atom is -0.508 e. The molecule has 2 amide bonds. The second kappa shape index (κ2) is 6.32. The predicted molar refractivity (Wildman–Crippen MR) is 85.1 cm³/mol. The van der Waals surface area contributed by atoms with Crippen molar-refractivity contribution in [2.45, 2.75) is 32.8 Å². The average Bonchev–Trinajstić information content (AvgIpc) is 2.43. The van der Waals surface area contributed by atoms with Crippen LogP contribution in [0.3, 0.4) is 0 Å². The van der Waals surface area contributed by atoms with Crippen LogP contribution in [-0.4, -0.2) is 27.7 Å². The Bertz CT molecular complexity index is 850. The number of rotatable bonds is 2. The standard InChI is InChI=1S/C16H18N2O6/c1-16(2,3)24-15(22)18(17)13(20)6-9-7-14(21)23-12-8-10(19)4-5-11(9)12/h4-5,7-8,19H,6,17H2,1-3H3. The molecule has 0 atom stereocenters. The third-order valence-electron chi connectivity index (χ3n) is 3.01. The average molecular weight is 334 g/mol. The number of phenols is 1. The molecule has 0 aliphatic heterocycles. The van der Waals surface area contributed by atoms with Gasteiger partial charge in [0.2, 0.25) is 0 Å². The highest BCUT2D eigenvalue weighted by Crippen LogP contribution is 2.22. The SMILES string of the molecule is CC(C)(C)OC(=O)N(N)C(=O)Cc1cc(=O)oc2cc(O)ccc12. The van der Waals surface area contributed by atoms with Crippen LogP contribution in [0.2, 0.25) is 0 Å². The number of hydrazine groups is 1. The summed E-state index contributed by atoms with van der Waals surface area (Å²) in [5, 5.41) is 10.3. The first-order valence-electron chi connectivity index (χ1n) is 7.13. The van der Waals surface area contributed by atoms with Gasteiger partial charge in [-0.1, -0.05) is 0 Å². The van der Waals surface area contributed by atoms with Crippen LogP contribution in [0, 0.1) is 0 Å². The zero-order valence-corrected chi connectivity index (χ0v) is 13.5. The van der Waals surface area contributed by atoms with Crippen LogP contribution < -0.4 is 11.5 Å². The van der Waals surface area contributed by atoms with E-state index in [-0.39, 0.29) is 17.8 Å². The first kappa shape index (κ1) is 17.5. The van der Waals surface area contributed by atoms with Gasteiger partial charge in [0.15, 0.2) is 0 Å². The molecule has 8 nitrogen and oxygen atoms in total. The minimum atomic E-state index is -0.989. The van der Waals surface area contributed by atoms with E-state index >= 15 is 0 Å². The highest BCUT2D eigenvalue weighted by atomic mass is 16.6. The lowest BCUT2D eigenvalue weighted by atomic mass is 10.1. The van der Waals surface area contributed by atoms with Crippen LogP contribution in [0.1, 0.15) is 26.3 Å². The number of fused-ring (bicyclic) bond motifs is 1. The normalized spacial score (nSPS) is 11.3. The number of amides is 2. The maximum absolute atomic E-state index is 12.2. The summed E-state index contributed by atoms with van der Waals surface area (Å²) in [5.41, 5.74) is -1.03. The van der Waals surface area contributed by atoms with E-state index in [0.29, 0.717) is 16.0 Å². The molecule has 0 saturated carbocycles. The van der Waals surface area contributed by atoms with Crippen molar-refractivity contribution in [3.8, 4) is 5.75 Å². The molecule has 2 rings (SSSR count). The molecule has 2 aromatic rings. The molecular formula is C16H18N2O6. The largest absolute Gasteiger partial charge is 0.508 e. The summed E-state index contributed by atoms with van der Waals surface area (Å²) in [7, 11) is 0. The van der Waals surface area contributed by atoms with Gasteiger partial charge in [-0.15, -0.1) is 0 Å². The molecular weight excluding hydrogens is 316 g/mol. The van der Waals surface area contributed by atoms with Gasteiger partial charge in [-0.2, -0.15) is 5.01 Å². The highest BCUT2D eigenvalue weighted by Gasteiger charge is 2.25. The van der Waals surface area contributed by atoms with Crippen molar-refractivity contribution >= 4 is 23.0 Å². The molecule has 0 fully saturated rings. The van der Waals surface area contributed by atoms with E-state index in [2.05, 4.69) is 0 Å². The van der Waals surface area contributed by atoms with Crippen LogP contribution in [0.15, 0.2) is 33.5 Å². The fourth-order valence-corrected chi connectivity index (χ4v) is 2.03. The number of hydrogen-bond donors (Lipinski definition) is 2. The van der Waals surface area contributed by atoms with Gasteiger partial charge in [0.25, 0.3) is 5.91 Å². The molecule has 0 saturated heterocycles. The van der Waals surface area contributed by atoms with Crippen LogP contribution in [0.4, 0.5) is 4.79 Å². The Morgan fingerprint density at radius 1 is 1.29 bits per heavy atom. The maximum atomic E-state index is 12.2. The second-order valence-electron chi connectivity index (χ2n) is 6.19. The molecule has 0 spiro atoms. The van der Waals surface area contributed by atoms with E-state index in [1.54, 1.807) is 20.8 Å². The van der Waals surface area contributed by atoms with Crippen molar-refractivity contribution in [3.05, 3.63) is 40.2 Å². The minimum absolute atomic E-state index is 0.0802. The van der Waals surface area contributed by atoms with E-state index in [1.165, 1.54) is 18.2 Å². The summed E-state index contributed by atoms with van der Waals surface area (Å²) in [4.78, 5) is 35.6. The first-order chi connectivity index (χ1) is 11.1. The molecule has 0 bridgehead atoms. The zero-order chi connectivity index (χ0) is 18.1. The summed E-state index contributed by atoms with van der Waals surface area (Å²) in [6.45, 7) is 4.93. The second-order valence-corrected chi connectivity index (χ2v) is 6.19. The monoisotopic (exact) mass is 334 g/mol. The van der Waals surface area contributed by atoms with Crippen molar-refractivity contribution in [2.24, 2.45) is 5.84 Å². The Hall–Kier alpha value is -2.87. The Labute approximate surface area is 137 Å². The van der Waals surface area contributed by atoms with Gasteiger partial charge in [-0.25, -0.2) is 15.4 Å². The Kier molecular flexibility index (Phi) is 4.61. The third-order valence-corrected chi connectivity index (χ3v) is 3.01. The quantitative estimate of drug-likeness (QED) is 0.370. The maximum Gasteiger partial charge on any atom is 0.431 e. The summed E-state index contributed by atoms with van der Waals surface area (Å²) in [5.74, 6) is 4.66. The number of benzene rings is 1. The van der Waals surface area contributed by atoms with Gasteiger partial charge < -0.3 is 14.3 Å². The van der Waals surface area contributed by atoms with E-state index in [4.69, 9.17) is 15.0 Å². The molecule has 1 aromatic heterocycles. The molecule has 1 aromatic carbocycles. The lowest BCUT2D eigenvalue weighted by Gasteiger charge is -2.23. The van der Waals surface area contributed by atoms with Gasteiger partial charge in [0, 0.05) is 17.5 Å². The molecule has 0 unspecified atom stereocenters. The van der Waals surface area contributed by atoms with E-state index in [0.717, 1.165) is 6.07 Å². The molecule has 8 heteroatoms. The van der Waals surface area contributed by atoms with Gasteiger partial charge >= 0.3 is 11.7 Å². The fraction of sp³-hybridized carbons (Fsp3) is 0.312. The molecule has 128 valence electrons. The summed E-state index contributed by atoms with van der Waals surface area (Å²) in [6.07, 6.45) is -1.29. The number of aromatic hydroxyl groups is 1. The summed E-state index contributed by atoms with van der Waals surface area (Å²) < 4.78 is 9.99. The van der Waals surface area contributed by atoms with Gasteiger partial charge in [0.05, 0.1) is 6.42 Å². The molecule has 0 radical (unpaired) electrons. The number of carbonyl (C=O) groups excluding carboxylic acids is 2. The van der Waals surface area contributed by atoms with Crippen LogP contribution in [0.5, 0.6) is 5.75 Å². The third kappa shape index (κ3) is 4.11. The molecule has 0 aliphatic rings. The Morgan fingerprint density at radius 2 is 1.96 bits per heavy atom. The topological polar surface area (TPSA) is 123 Å². The number of imide groups is 1. The van der Waals surface area contributed by atoms with E-state index < -0.39 is 23.2 Å². The van der Waals surface area contributed by atoms with Crippen molar-refractivity contribution in [1.82, 2.24) is 5.01 Å². The lowest BCUT2D eigenvalue weighted by molar-refractivity contribution is -0.129. The number of nitrogens with two attached hydrogens (primary N) is 1. The zero-order valence-electron chi connectivity index (χ0n) is 13.5. The van der Waals surface area contributed by atoms with Crippen LogP contribution in [-0.2, 0) is 16.0 Å². The molecule has 0 aliphatic carbocycles. The first-order valence-corrected chi connectivity index (χ1v) is 7.13. The number of ether oxygens (including phenoxy) is 1. The van der Waals surface area contributed by atoms with E-state index in [9.17, 15) is 19.5 Å². The van der Waals surface area contributed by atoms with Crippen molar-refractivity contribution < 1.29 is 23.8 Å². The van der Waals surface area contributed by atoms with Gasteiger partial charge in [-0.05, 0) is 38.5 Å². The van der Waals surface area contributed by atoms with Gasteiger partial charge in [0.1, 0.15) is 16.9 Å².